The molecule has 2 heterocycles. The highest BCUT2D eigenvalue weighted by atomic mass is 16.1. The molecule has 27 heavy (non-hydrogen) atoms. The van der Waals surface area contributed by atoms with Crippen LogP contribution >= 0.6 is 0 Å². The summed E-state index contributed by atoms with van der Waals surface area (Å²) in [6.07, 6.45) is 5.83. The van der Waals surface area contributed by atoms with Gasteiger partial charge in [0.25, 0.3) is 5.91 Å². The quantitative estimate of drug-likeness (QED) is 0.592. The van der Waals surface area contributed by atoms with Crippen molar-refractivity contribution in [3.63, 3.8) is 0 Å². The third-order valence-corrected chi connectivity index (χ3v) is 4.09. The SMILES string of the molecule is CCc1ccccc1Nc1nc(Nc2cnn(C(C)C)c2)ncc1C(N)=O. The summed E-state index contributed by atoms with van der Waals surface area (Å²) in [5.41, 5.74) is 8.46. The first-order valence-corrected chi connectivity index (χ1v) is 8.81. The van der Waals surface area contributed by atoms with Crippen LogP contribution in [-0.2, 0) is 6.42 Å². The molecule has 0 fully saturated rings. The van der Waals surface area contributed by atoms with Gasteiger partial charge in [0.05, 0.1) is 11.9 Å². The zero-order chi connectivity index (χ0) is 19.4. The lowest BCUT2D eigenvalue weighted by molar-refractivity contribution is 0.100. The minimum atomic E-state index is -0.592. The van der Waals surface area contributed by atoms with E-state index in [9.17, 15) is 4.79 Å². The fourth-order valence-corrected chi connectivity index (χ4v) is 2.61. The lowest BCUT2D eigenvalue weighted by atomic mass is 10.1. The lowest BCUT2D eigenvalue weighted by Gasteiger charge is -2.13. The summed E-state index contributed by atoms with van der Waals surface area (Å²) in [5.74, 6) is 0.114. The van der Waals surface area contributed by atoms with Crippen molar-refractivity contribution in [2.24, 2.45) is 5.73 Å². The summed E-state index contributed by atoms with van der Waals surface area (Å²) < 4.78 is 1.83. The van der Waals surface area contributed by atoms with Gasteiger partial charge in [0, 0.05) is 24.1 Å². The molecule has 8 nitrogen and oxygen atoms in total. The van der Waals surface area contributed by atoms with Crippen molar-refractivity contribution in [1.29, 1.82) is 0 Å². The summed E-state index contributed by atoms with van der Waals surface area (Å²) in [5, 5.41) is 10.6. The number of benzene rings is 1. The number of hydrogen-bond acceptors (Lipinski definition) is 6. The monoisotopic (exact) mass is 365 g/mol. The number of para-hydroxylation sites is 1. The Bertz CT molecular complexity index is 949. The highest BCUT2D eigenvalue weighted by molar-refractivity contribution is 5.98. The zero-order valence-corrected chi connectivity index (χ0v) is 15.6. The number of rotatable bonds is 7. The van der Waals surface area contributed by atoms with Crippen molar-refractivity contribution in [2.45, 2.75) is 33.2 Å². The molecule has 140 valence electrons. The van der Waals surface area contributed by atoms with Crippen molar-refractivity contribution >= 4 is 29.0 Å². The highest BCUT2D eigenvalue weighted by Crippen LogP contribution is 2.24. The second kappa shape index (κ2) is 7.86. The third kappa shape index (κ3) is 4.22. The standard InChI is InChI=1S/C19H23N7O/c1-4-13-7-5-6-8-16(13)24-18-15(17(20)27)10-21-19(25-18)23-14-9-22-26(11-14)12(2)3/h5-12H,4H2,1-3H3,(H2,20,27)(H2,21,23,24,25). The van der Waals surface area contributed by atoms with E-state index in [2.05, 4.69) is 32.6 Å². The average molecular weight is 365 g/mol. The number of carbonyl (C=O) groups excluding carboxylic acids is 1. The van der Waals surface area contributed by atoms with E-state index in [4.69, 9.17) is 5.73 Å². The van der Waals surface area contributed by atoms with E-state index in [1.54, 1.807) is 6.20 Å². The summed E-state index contributed by atoms with van der Waals surface area (Å²) in [6, 6.07) is 8.10. The van der Waals surface area contributed by atoms with Crippen LogP contribution in [0.5, 0.6) is 0 Å². The lowest BCUT2D eigenvalue weighted by Crippen LogP contribution is -2.16. The number of nitrogens with two attached hydrogens (primary N) is 1. The topological polar surface area (TPSA) is 111 Å². The number of aryl methyl sites for hydroxylation is 1. The maximum atomic E-state index is 11.8. The molecule has 0 radical (unpaired) electrons. The van der Waals surface area contributed by atoms with Gasteiger partial charge in [0.1, 0.15) is 11.4 Å². The molecule has 1 amide bonds. The van der Waals surface area contributed by atoms with Crippen LogP contribution in [-0.4, -0.2) is 25.7 Å². The molecule has 0 saturated carbocycles. The summed E-state index contributed by atoms with van der Waals surface area (Å²) in [6.45, 7) is 6.15. The van der Waals surface area contributed by atoms with Crippen LogP contribution in [0.3, 0.4) is 0 Å². The fourth-order valence-electron chi connectivity index (χ4n) is 2.61. The molecule has 1 aromatic carbocycles. The minimum Gasteiger partial charge on any atom is -0.365 e. The Morgan fingerprint density at radius 3 is 2.67 bits per heavy atom. The van der Waals surface area contributed by atoms with Gasteiger partial charge in [0.15, 0.2) is 0 Å². The van der Waals surface area contributed by atoms with Crippen molar-refractivity contribution < 1.29 is 4.79 Å². The highest BCUT2D eigenvalue weighted by Gasteiger charge is 2.14. The van der Waals surface area contributed by atoms with E-state index >= 15 is 0 Å². The van der Waals surface area contributed by atoms with Gasteiger partial charge in [-0.05, 0) is 31.9 Å². The molecule has 2 aromatic heterocycles. The summed E-state index contributed by atoms with van der Waals surface area (Å²) in [4.78, 5) is 20.4. The second-order valence-corrected chi connectivity index (χ2v) is 6.38. The van der Waals surface area contributed by atoms with E-state index < -0.39 is 5.91 Å². The Labute approximate surface area is 157 Å². The van der Waals surface area contributed by atoms with Gasteiger partial charge >= 0.3 is 0 Å². The first-order valence-electron chi connectivity index (χ1n) is 8.81. The maximum absolute atomic E-state index is 11.8. The molecular formula is C19H23N7O. The van der Waals surface area contributed by atoms with E-state index in [0.29, 0.717) is 11.8 Å². The molecule has 8 heteroatoms. The minimum absolute atomic E-state index is 0.226. The maximum Gasteiger partial charge on any atom is 0.254 e. The number of primary amides is 1. The number of nitrogens with zero attached hydrogens (tertiary/aromatic N) is 4. The molecule has 0 saturated heterocycles. The molecule has 0 spiro atoms. The van der Waals surface area contributed by atoms with Gasteiger partial charge in [-0.3, -0.25) is 9.48 Å². The molecule has 0 atom stereocenters. The van der Waals surface area contributed by atoms with E-state index in [1.807, 2.05) is 49.0 Å². The van der Waals surface area contributed by atoms with Gasteiger partial charge in [-0.15, -0.1) is 0 Å². The van der Waals surface area contributed by atoms with Crippen LogP contribution in [0, 0.1) is 0 Å². The zero-order valence-electron chi connectivity index (χ0n) is 15.6. The van der Waals surface area contributed by atoms with Crippen molar-refractivity contribution in [1.82, 2.24) is 19.7 Å². The van der Waals surface area contributed by atoms with Crippen LogP contribution in [0.25, 0.3) is 0 Å². The van der Waals surface area contributed by atoms with Gasteiger partial charge < -0.3 is 16.4 Å². The summed E-state index contributed by atoms with van der Waals surface area (Å²) in [7, 11) is 0. The summed E-state index contributed by atoms with van der Waals surface area (Å²) >= 11 is 0. The number of amides is 1. The molecule has 0 aliphatic heterocycles. The number of aromatic nitrogens is 4. The fraction of sp³-hybridized carbons (Fsp3) is 0.263. The predicted octanol–water partition coefficient (Wildman–Crippen LogP) is 3.40. The number of anilines is 4. The number of nitrogens with one attached hydrogen (secondary N) is 2. The predicted molar refractivity (Wildman–Crippen MR) is 106 cm³/mol. The Kier molecular flexibility index (Phi) is 5.35. The van der Waals surface area contributed by atoms with Gasteiger partial charge in [-0.25, -0.2) is 4.98 Å². The normalized spacial score (nSPS) is 10.8. The molecular weight excluding hydrogens is 342 g/mol. The molecule has 0 aliphatic carbocycles. The molecule has 0 aliphatic rings. The molecule has 0 bridgehead atoms. The smallest absolute Gasteiger partial charge is 0.254 e. The van der Waals surface area contributed by atoms with E-state index in [0.717, 1.165) is 23.4 Å². The van der Waals surface area contributed by atoms with E-state index in [1.165, 1.54) is 6.20 Å². The largest absolute Gasteiger partial charge is 0.365 e. The van der Waals surface area contributed by atoms with Crippen LogP contribution in [0.4, 0.5) is 23.1 Å². The van der Waals surface area contributed by atoms with Crippen LogP contribution in [0.15, 0.2) is 42.9 Å². The number of hydrogen-bond donors (Lipinski definition) is 3. The first-order chi connectivity index (χ1) is 13.0. The molecule has 0 unspecified atom stereocenters. The van der Waals surface area contributed by atoms with Gasteiger partial charge in [0.2, 0.25) is 5.95 Å². The molecule has 4 N–H and O–H groups in total. The van der Waals surface area contributed by atoms with Gasteiger partial charge in [-0.1, -0.05) is 25.1 Å². The average Bonchev–Trinajstić information content (AvgIpc) is 3.11. The third-order valence-electron chi connectivity index (χ3n) is 4.09. The molecule has 3 rings (SSSR count). The number of carbonyl (C=O) groups is 1. The van der Waals surface area contributed by atoms with Crippen LogP contribution < -0.4 is 16.4 Å². The second-order valence-electron chi connectivity index (χ2n) is 6.38. The Morgan fingerprint density at radius 1 is 1.22 bits per heavy atom. The van der Waals surface area contributed by atoms with Crippen LogP contribution in [0.2, 0.25) is 0 Å². The van der Waals surface area contributed by atoms with Crippen LogP contribution in [0.1, 0.15) is 42.7 Å². The van der Waals surface area contributed by atoms with Crippen molar-refractivity contribution in [2.75, 3.05) is 10.6 Å². The van der Waals surface area contributed by atoms with Crippen molar-refractivity contribution in [3.8, 4) is 0 Å². The first kappa shape index (κ1) is 18.4. The Balaban J connectivity index is 1.91. The van der Waals surface area contributed by atoms with Gasteiger partial charge in [-0.2, -0.15) is 10.1 Å². The molecule has 3 aromatic rings. The van der Waals surface area contributed by atoms with Crippen molar-refractivity contribution in [3.05, 3.63) is 54.0 Å². The Morgan fingerprint density at radius 2 is 2.00 bits per heavy atom. The Hall–Kier alpha value is -3.42. The van der Waals surface area contributed by atoms with E-state index in [-0.39, 0.29) is 11.6 Å².